The summed E-state index contributed by atoms with van der Waals surface area (Å²) in [5.74, 6) is 0.777. The Morgan fingerprint density at radius 1 is 1.50 bits per heavy atom. The number of pyridine rings is 1. The number of nitrogens with one attached hydrogen (secondary N) is 2. The van der Waals surface area contributed by atoms with Gasteiger partial charge in [-0.2, -0.15) is 0 Å². The molecular formula is C14H21N5O. The van der Waals surface area contributed by atoms with Crippen molar-refractivity contribution in [3.63, 3.8) is 0 Å². The van der Waals surface area contributed by atoms with E-state index in [1.54, 1.807) is 11.1 Å². The van der Waals surface area contributed by atoms with E-state index >= 15 is 0 Å². The third-order valence-electron chi connectivity index (χ3n) is 3.16. The van der Waals surface area contributed by atoms with Crippen LogP contribution in [-0.4, -0.2) is 55.0 Å². The normalized spacial score (nSPS) is 14.2. The summed E-state index contributed by atoms with van der Waals surface area (Å²) < 4.78 is 0. The minimum Gasteiger partial charge on any atom is -0.356 e. The zero-order valence-corrected chi connectivity index (χ0v) is 11.8. The Morgan fingerprint density at radius 3 is 3.10 bits per heavy atom. The fourth-order valence-electron chi connectivity index (χ4n) is 1.90. The third kappa shape index (κ3) is 4.53. The predicted molar refractivity (Wildman–Crippen MR) is 78.5 cm³/mol. The van der Waals surface area contributed by atoms with Gasteiger partial charge in [0.15, 0.2) is 5.96 Å². The van der Waals surface area contributed by atoms with Gasteiger partial charge in [0, 0.05) is 45.0 Å². The molecule has 6 heteroatoms. The van der Waals surface area contributed by atoms with Crippen molar-refractivity contribution in [1.29, 1.82) is 0 Å². The van der Waals surface area contributed by atoms with E-state index in [2.05, 4.69) is 20.6 Å². The van der Waals surface area contributed by atoms with E-state index in [-0.39, 0.29) is 12.5 Å². The Kier molecular flexibility index (Phi) is 5.34. The third-order valence-corrected chi connectivity index (χ3v) is 3.16. The van der Waals surface area contributed by atoms with Crippen molar-refractivity contribution in [1.82, 2.24) is 20.5 Å². The van der Waals surface area contributed by atoms with Gasteiger partial charge < -0.3 is 15.5 Å². The maximum absolute atomic E-state index is 12.0. The first-order valence-corrected chi connectivity index (χ1v) is 6.92. The summed E-state index contributed by atoms with van der Waals surface area (Å²) in [7, 11) is 1.81. The van der Waals surface area contributed by atoms with Crippen LogP contribution in [0.2, 0.25) is 0 Å². The lowest BCUT2D eigenvalue weighted by molar-refractivity contribution is -0.128. The summed E-state index contributed by atoms with van der Waals surface area (Å²) in [5, 5.41) is 6.16. The van der Waals surface area contributed by atoms with Crippen LogP contribution in [0, 0.1) is 0 Å². The second kappa shape index (κ2) is 7.47. The summed E-state index contributed by atoms with van der Waals surface area (Å²) in [5.41, 5.74) is 0.999. The van der Waals surface area contributed by atoms with Crippen molar-refractivity contribution in [3.05, 3.63) is 30.1 Å². The molecule has 2 rings (SSSR count). The molecule has 0 saturated heterocycles. The monoisotopic (exact) mass is 275 g/mol. The summed E-state index contributed by atoms with van der Waals surface area (Å²) in [6.07, 6.45) is 3.58. The quantitative estimate of drug-likeness (QED) is 0.795. The summed E-state index contributed by atoms with van der Waals surface area (Å²) in [6, 6.07) is 5.82. The number of aromatic nitrogens is 1. The molecular weight excluding hydrogens is 254 g/mol. The Morgan fingerprint density at radius 2 is 2.40 bits per heavy atom. The van der Waals surface area contributed by atoms with E-state index in [4.69, 9.17) is 0 Å². The molecule has 2 heterocycles. The highest BCUT2D eigenvalue weighted by molar-refractivity contribution is 5.86. The lowest BCUT2D eigenvalue weighted by Crippen LogP contribution is -2.45. The van der Waals surface area contributed by atoms with Gasteiger partial charge in [0.2, 0.25) is 5.91 Å². The SMILES string of the molecule is CN(CCc1ccccn1)C(=O)CNC1=NCCCN1. The number of rotatable bonds is 5. The lowest BCUT2D eigenvalue weighted by atomic mass is 10.2. The molecule has 0 aromatic carbocycles. The number of hydrogen-bond acceptors (Lipinski definition) is 5. The molecule has 1 aromatic heterocycles. The Labute approximate surface area is 119 Å². The van der Waals surface area contributed by atoms with Crippen molar-refractivity contribution in [2.75, 3.05) is 33.2 Å². The molecule has 1 amide bonds. The summed E-state index contributed by atoms with van der Waals surface area (Å²) in [6.45, 7) is 2.66. The molecule has 1 aliphatic rings. The van der Waals surface area contributed by atoms with E-state index in [0.29, 0.717) is 6.54 Å². The minimum atomic E-state index is 0.0519. The number of carbonyl (C=O) groups is 1. The zero-order chi connectivity index (χ0) is 14.2. The molecule has 0 aliphatic carbocycles. The fraction of sp³-hybridized carbons (Fsp3) is 0.500. The van der Waals surface area contributed by atoms with Gasteiger partial charge in [-0.05, 0) is 18.6 Å². The van der Waals surface area contributed by atoms with Crippen LogP contribution in [0.4, 0.5) is 0 Å². The molecule has 0 unspecified atom stereocenters. The first-order chi connectivity index (χ1) is 9.75. The molecule has 0 fully saturated rings. The highest BCUT2D eigenvalue weighted by atomic mass is 16.2. The maximum atomic E-state index is 12.0. The molecule has 6 nitrogen and oxygen atoms in total. The molecule has 0 spiro atoms. The van der Waals surface area contributed by atoms with Gasteiger partial charge in [-0.15, -0.1) is 0 Å². The predicted octanol–water partition coefficient (Wildman–Crippen LogP) is 0.0214. The number of guanidine groups is 1. The second-order valence-electron chi connectivity index (χ2n) is 4.75. The van der Waals surface area contributed by atoms with Crippen LogP contribution in [0.5, 0.6) is 0 Å². The van der Waals surface area contributed by atoms with Crippen molar-refractivity contribution < 1.29 is 4.79 Å². The first-order valence-electron chi connectivity index (χ1n) is 6.92. The lowest BCUT2D eigenvalue weighted by Gasteiger charge is -2.19. The van der Waals surface area contributed by atoms with Crippen LogP contribution >= 0.6 is 0 Å². The van der Waals surface area contributed by atoms with Crippen LogP contribution in [0.3, 0.4) is 0 Å². The van der Waals surface area contributed by atoms with Gasteiger partial charge >= 0.3 is 0 Å². The van der Waals surface area contributed by atoms with E-state index in [0.717, 1.165) is 37.6 Å². The van der Waals surface area contributed by atoms with Crippen molar-refractivity contribution >= 4 is 11.9 Å². The number of hydrogen-bond donors (Lipinski definition) is 2. The summed E-state index contributed by atoms with van der Waals surface area (Å²) in [4.78, 5) is 22.2. The van der Waals surface area contributed by atoms with E-state index < -0.39 is 0 Å². The van der Waals surface area contributed by atoms with Gasteiger partial charge in [-0.1, -0.05) is 6.07 Å². The van der Waals surface area contributed by atoms with Crippen LogP contribution in [0.25, 0.3) is 0 Å². The minimum absolute atomic E-state index is 0.0519. The molecule has 108 valence electrons. The fourth-order valence-corrected chi connectivity index (χ4v) is 1.90. The largest absolute Gasteiger partial charge is 0.356 e. The molecule has 1 aromatic rings. The van der Waals surface area contributed by atoms with Gasteiger partial charge in [0.05, 0.1) is 6.54 Å². The molecule has 2 N–H and O–H groups in total. The van der Waals surface area contributed by atoms with Crippen LogP contribution in [0.15, 0.2) is 29.4 Å². The van der Waals surface area contributed by atoms with Crippen molar-refractivity contribution in [2.45, 2.75) is 12.8 Å². The Balaban J connectivity index is 1.70. The Hall–Kier alpha value is -2.11. The van der Waals surface area contributed by atoms with Crippen LogP contribution < -0.4 is 10.6 Å². The smallest absolute Gasteiger partial charge is 0.241 e. The van der Waals surface area contributed by atoms with Crippen LogP contribution in [-0.2, 0) is 11.2 Å². The van der Waals surface area contributed by atoms with Gasteiger partial charge in [-0.3, -0.25) is 14.8 Å². The van der Waals surface area contributed by atoms with E-state index in [9.17, 15) is 4.79 Å². The Bertz CT molecular complexity index is 460. The first kappa shape index (κ1) is 14.3. The number of likely N-dealkylation sites (N-methyl/N-ethyl adjacent to an activating group) is 1. The maximum Gasteiger partial charge on any atom is 0.241 e. The molecule has 0 radical (unpaired) electrons. The highest BCUT2D eigenvalue weighted by Crippen LogP contribution is 1.96. The number of aliphatic imine (C=N–C) groups is 1. The summed E-state index contributed by atoms with van der Waals surface area (Å²) >= 11 is 0. The standard InChI is InChI=1S/C14H21N5O/c1-19(10-6-12-5-2-3-7-15-12)13(20)11-18-14-16-8-4-9-17-14/h2-3,5,7H,4,6,8-11H2,1H3,(H2,16,17,18). The van der Waals surface area contributed by atoms with E-state index in [1.807, 2.05) is 25.2 Å². The van der Waals surface area contributed by atoms with Gasteiger partial charge in [-0.25, -0.2) is 0 Å². The van der Waals surface area contributed by atoms with Crippen molar-refractivity contribution in [2.24, 2.45) is 4.99 Å². The second-order valence-corrected chi connectivity index (χ2v) is 4.75. The molecule has 1 aliphatic heterocycles. The van der Waals surface area contributed by atoms with Gasteiger partial charge in [0.1, 0.15) is 0 Å². The van der Waals surface area contributed by atoms with Gasteiger partial charge in [0.25, 0.3) is 0 Å². The number of nitrogens with zero attached hydrogens (tertiary/aromatic N) is 3. The highest BCUT2D eigenvalue weighted by Gasteiger charge is 2.10. The zero-order valence-electron chi connectivity index (χ0n) is 11.8. The molecule has 0 saturated carbocycles. The van der Waals surface area contributed by atoms with E-state index in [1.165, 1.54) is 0 Å². The van der Waals surface area contributed by atoms with Crippen molar-refractivity contribution in [3.8, 4) is 0 Å². The number of carbonyl (C=O) groups excluding carboxylic acids is 1. The van der Waals surface area contributed by atoms with Crippen LogP contribution in [0.1, 0.15) is 12.1 Å². The molecule has 20 heavy (non-hydrogen) atoms. The average Bonchev–Trinajstić information content (AvgIpc) is 2.52. The number of amides is 1. The molecule has 0 atom stereocenters. The average molecular weight is 275 g/mol. The molecule has 0 bridgehead atoms. The topological polar surface area (TPSA) is 69.6 Å².